The number of hydrogen-bond acceptors (Lipinski definition) is 14. The number of ether oxygens (including phenoxy) is 3. The number of phosphoric acid groups is 2. The Kier molecular flexibility index (Phi) is 53.4. The van der Waals surface area contributed by atoms with Crippen LogP contribution in [0.3, 0.4) is 0 Å². The number of phosphoric ester groups is 2. The van der Waals surface area contributed by atoms with Crippen molar-refractivity contribution in [2.75, 3.05) is 39.6 Å². The predicted octanol–water partition coefficient (Wildman–Crippen LogP) is 15.6. The third kappa shape index (κ3) is 56.6. The highest BCUT2D eigenvalue weighted by Crippen LogP contribution is 2.45. The van der Waals surface area contributed by atoms with Gasteiger partial charge in [-0.25, -0.2) is 9.13 Å². The van der Waals surface area contributed by atoms with Gasteiger partial charge in [0.15, 0.2) is 6.10 Å². The van der Waals surface area contributed by atoms with Gasteiger partial charge in [-0.3, -0.25) is 32.5 Å². The molecule has 458 valence electrons. The fraction of sp³-hybridized carbons (Fsp3) is 0.754. The Balaban J connectivity index is 4.73. The summed E-state index contributed by atoms with van der Waals surface area (Å²) < 4.78 is 60.6. The van der Waals surface area contributed by atoms with Crippen molar-refractivity contribution in [2.45, 2.75) is 257 Å². The van der Waals surface area contributed by atoms with Crippen molar-refractivity contribution in [3.8, 4) is 0 Å². The monoisotopic (exact) mass is 1160 g/mol. The van der Waals surface area contributed by atoms with E-state index in [0.29, 0.717) is 19.3 Å². The molecule has 0 bridgehead atoms. The standard InChI is InChI=1S/C61H108O16P2/c1-4-7-10-13-16-19-22-25-27-30-32-35-38-41-44-47-59(64)71-50-56(62)51-73-78(67,68)74-52-57(63)53-75-79(69,70)76-55-58(77-61(66)49-46-43-40-37-34-29-24-21-18-15-12-9-6-3)54-72-60(65)48-45-42-39-36-33-31-28-26-23-20-17-14-11-8-5-2/h12,15-17,19-21,24-28,56-58,62-63H,4-11,13-14,18,22-23,29-55H2,1-3H3,(H,67,68)(H,69,70)/b15-12-,19-16-,20-17-,24-21-,27-25-,28-26-. The van der Waals surface area contributed by atoms with Gasteiger partial charge in [0.2, 0.25) is 0 Å². The topological polar surface area (TPSA) is 231 Å². The number of aliphatic hydroxyl groups excluding tert-OH is 2. The second-order valence-electron chi connectivity index (χ2n) is 20.1. The van der Waals surface area contributed by atoms with Crippen LogP contribution in [0.1, 0.15) is 239 Å². The molecule has 0 fully saturated rings. The minimum Gasteiger partial charge on any atom is -0.463 e. The van der Waals surface area contributed by atoms with E-state index in [2.05, 4.69) is 93.7 Å². The number of esters is 3. The molecule has 0 saturated heterocycles. The van der Waals surface area contributed by atoms with Crippen LogP contribution in [-0.2, 0) is 55.8 Å². The number of carbonyl (C=O) groups is 3. The summed E-state index contributed by atoms with van der Waals surface area (Å²) in [4.78, 5) is 58.1. The summed E-state index contributed by atoms with van der Waals surface area (Å²) in [5.74, 6) is -1.62. The number of hydrogen-bond donors (Lipinski definition) is 4. The van der Waals surface area contributed by atoms with Gasteiger partial charge in [0.25, 0.3) is 0 Å². The van der Waals surface area contributed by atoms with E-state index >= 15 is 0 Å². The number of rotatable bonds is 57. The van der Waals surface area contributed by atoms with E-state index < -0.39 is 91.5 Å². The van der Waals surface area contributed by atoms with Crippen LogP contribution in [0.4, 0.5) is 0 Å². The normalized spacial score (nSPS) is 15.0. The first-order valence-electron chi connectivity index (χ1n) is 30.2. The maximum Gasteiger partial charge on any atom is 0.472 e. The lowest BCUT2D eigenvalue weighted by Gasteiger charge is -2.21. The van der Waals surface area contributed by atoms with E-state index in [1.165, 1.54) is 38.5 Å². The number of allylic oxidation sites excluding steroid dienone is 12. The largest absolute Gasteiger partial charge is 0.472 e. The molecule has 18 heteroatoms. The van der Waals surface area contributed by atoms with Crippen molar-refractivity contribution in [1.82, 2.24) is 0 Å². The van der Waals surface area contributed by atoms with Crippen LogP contribution in [0.5, 0.6) is 0 Å². The van der Waals surface area contributed by atoms with Gasteiger partial charge in [-0.05, 0) is 109 Å². The summed E-state index contributed by atoms with van der Waals surface area (Å²) >= 11 is 0. The van der Waals surface area contributed by atoms with Gasteiger partial charge >= 0.3 is 33.6 Å². The average molecular weight is 1160 g/mol. The Hall–Kier alpha value is -3.01. The molecule has 0 aliphatic carbocycles. The lowest BCUT2D eigenvalue weighted by molar-refractivity contribution is -0.161. The van der Waals surface area contributed by atoms with Crippen LogP contribution in [0.25, 0.3) is 0 Å². The van der Waals surface area contributed by atoms with Crippen molar-refractivity contribution in [3.05, 3.63) is 72.9 Å². The Morgan fingerprint density at radius 1 is 0.354 bits per heavy atom. The predicted molar refractivity (Wildman–Crippen MR) is 316 cm³/mol. The Morgan fingerprint density at radius 2 is 0.658 bits per heavy atom. The summed E-state index contributed by atoms with van der Waals surface area (Å²) in [6.45, 7) is 2.48. The third-order valence-electron chi connectivity index (χ3n) is 12.4. The zero-order valence-electron chi connectivity index (χ0n) is 49.0. The quantitative estimate of drug-likeness (QED) is 0.0146. The average Bonchev–Trinajstić information content (AvgIpc) is 3.42. The SMILES string of the molecule is CCC/C=C\C/C=C\CCCCCCCC(=O)OC(COC(=O)CCCCCCC/C=C\C/C=C\CCCCC)COP(=O)(O)OCC(O)COP(=O)(O)OCC(O)COC(=O)CCCCCCC/C=C\C/C=C\CCCCC. The van der Waals surface area contributed by atoms with Gasteiger partial charge in [-0.1, -0.05) is 184 Å². The van der Waals surface area contributed by atoms with E-state index in [9.17, 15) is 43.5 Å². The Bertz CT molecular complexity index is 1750. The molecule has 0 saturated carbocycles. The van der Waals surface area contributed by atoms with Crippen molar-refractivity contribution >= 4 is 33.6 Å². The van der Waals surface area contributed by atoms with Gasteiger partial charge in [-0.2, -0.15) is 0 Å². The zero-order valence-corrected chi connectivity index (χ0v) is 50.8. The maximum atomic E-state index is 12.8. The third-order valence-corrected chi connectivity index (χ3v) is 14.3. The van der Waals surface area contributed by atoms with Crippen LogP contribution in [0.15, 0.2) is 72.9 Å². The van der Waals surface area contributed by atoms with E-state index in [1.807, 2.05) is 0 Å². The molecule has 0 aromatic heterocycles. The molecular formula is C61H108O16P2. The van der Waals surface area contributed by atoms with Gasteiger partial charge in [-0.15, -0.1) is 0 Å². The molecule has 0 aromatic carbocycles. The summed E-state index contributed by atoms with van der Waals surface area (Å²) in [5.41, 5.74) is 0. The van der Waals surface area contributed by atoms with Gasteiger partial charge in [0, 0.05) is 19.3 Å². The molecule has 0 amide bonds. The van der Waals surface area contributed by atoms with Crippen molar-refractivity contribution in [2.24, 2.45) is 0 Å². The molecule has 16 nitrogen and oxygen atoms in total. The fourth-order valence-corrected chi connectivity index (χ4v) is 9.25. The molecule has 0 rings (SSSR count). The summed E-state index contributed by atoms with van der Waals surface area (Å²) in [6, 6.07) is 0. The molecular weight excluding hydrogens is 1050 g/mol. The van der Waals surface area contributed by atoms with Crippen molar-refractivity contribution in [1.29, 1.82) is 0 Å². The van der Waals surface area contributed by atoms with Gasteiger partial charge in [0.1, 0.15) is 25.4 Å². The van der Waals surface area contributed by atoms with Crippen LogP contribution in [0, 0.1) is 0 Å². The summed E-state index contributed by atoms with van der Waals surface area (Å²) in [5, 5.41) is 20.4. The Morgan fingerprint density at radius 3 is 1.04 bits per heavy atom. The first-order valence-corrected chi connectivity index (χ1v) is 33.2. The fourth-order valence-electron chi connectivity index (χ4n) is 7.67. The summed E-state index contributed by atoms with van der Waals surface area (Å²) in [6.07, 6.45) is 54.0. The molecule has 0 aromatic rings. The second-order valence-corrected chi connectivity index (χ2v) is 23.0. The molecule has 0 aliphatic heterocycles. The minimum absolute atomic E-state index is 0.0852. The van der Waals surface area contributed by atoms with Crippen LogP contribution in [0.2, 0.25) is 0 Å². The zero-order chi connectivity index (χ0) is 58.2. The molecule has 0 spiro atoms. The molecule has 4 N–H and O–H groups in total. The number of unbranched alkanes of at least 4 members (excludes halogenated alkanes) is 22. The minimum atomic E-state index is -4.92. The first kappa shape index (κ1) is 76.0. The van der Waals surface area contributed by atoms with E-state index in [-0.39, 0.29) is 19.3 Å². The molecule has 0 heterocycles. The van der Waals surface area contributed by atoms with Crippen LogP contribution >= 0.6 is 15.6 Å². The second kappa shape index (κ2) is 55.5. The summed E-state index contributed by atoms with van der Waals surface area (Å²) in [7, 11) is -9.77. The van der Waals surface area contributed by atoms with E-state index in [0.717, 1.165) is 141 Å². The molecule has 5 unspecified atom stereocenters. The van der Waals surface area contributed by atoms with E-state index in [1.54, 1.807) is 0 Å². The Labute approximate surface area is 477 Å². The van der Waals surface area contributed by atoms with Gasteiger partial charge in [0.05, 0.1) is 26.4 Å². The molecule has 0 radical (unpaired) electrons. The van der Waals surface area contributed by atoms with Crippen LogP contribution < -0.4 is 0 Å². The molecule has 5 atom stereocenters. The lowest BCUT2D eigenvalue weighted by atomic mass is 10.1. The first-order chi connectivity index (χ1) is 38.2. The molecule has 0 aliphatic rings. The van der Waals surface area contributed by atoms with Crippen molar-refractivity contribution < 1.29 is 75.8 Å². The van der Waals surface area contributed by atoms with Crippen molar-refractivity contribution in [3.63, 3.8) is 0 Å². The smallest absolute Gasteiger partial charge is 0.463 e. The highest BCUT2D eigenvalue weighted by atomic mass is 31.2. The van der Waals surface area contributed by atoms with E-state index in [4.69, 9.17) is 32.3 Å². The highest BCUT2D eigenvalue weighted by Gasteiger charge is 2.29. The highest BCUT2D eigenvalue weighted by molar-refractivity contribution is 7.47. The maximum absolute atomic E-state index is 12.8. The molecule has 79 heavy (non-hydrogen) atoms. The number of carbonyl (C=O) groups excluding carboxylic acids is 3. The lowest BCUT2D eigenvalue weighted by Crippen LogP contribution is -2.30. The van der Waals surface area contributed by atoms with Crippen LogP contribution in [-0.4, -0.2) is 95.9 Å². The van der Waals surface area contributed by atoms with Gasteiger partial charge < -0.3 is 34.2 Å². The number of aliphatic hydroxyl groups is 2.